The van der Waals surface area contributed by atoms with Crippen molar-refractivity contribution in [3.63, 3.8) is 0 Å². The Bertz CT molecular complexity index is 416. The van der Waals surface area contributed by atoms with Crippen LogP contribution < -0.4 is 10.2 Å². The van der Waals surface area contributed by atoms with Gasteiger partial charge in [-0.15, -0.1) is 0 Å². The minimum Gasteiger partial charge on any atom is -0.366 e. The van der Waals surface area contributed by atoms with Crippen LogP contribution in [0.1, 0.15) is 18.1 Å². The van der Waals surface area contributed by atoms with Crippen LogP contribution in [0.3, 0.4) is 0 Å². The number of anilines is 1. The lowest BCUT2D eigenvalue weighted by Crippen LogP contribution is -2.57. The Morgan fingerprint density at radius 3 is 2.69 bits per heavy atom. The molecule has 16 heavy (non-hydrogen) atoms. The number of hydrogen-bond acceptors (Lipinski definition) is 3. The number of nitriles is 1. The Morgan fingerprint density at radius 2 is 2.25 bits per heavy atom. The fraction of sp³-hybridized carbons (Fsp3) is 0.462. The van der Waals surface area contributed by atoms with E-state index in [1.165, 1.54) is 5.69 Å². The number of nitrogens with zero attached hydrogens (tertiary/aromatic N) is 2. The molecule has 0 radical (unpaired) electrons. The highest BCUT2D eigenvalue weighted by Crippen LogP contribution is 2.22. The van der Waals surface area contributed by atoms with Crippen molar-refractivity contribution in [2.75, 3.05) is 24.5 Å². The van der Waals surface area contributed by atoms with Crippen LogP contribution in [-0.4, -0.2) is 25.7 Å². The molecule has 1 aromatic carbocycles. The van der Waals surface area contributed by atoms with Gasteiger partial charge in [-0.25, -0.2) is 0 Å². The second-order valence-corrected chi connectivity index (χ2v) is 4.21. The molecule has 0 saturated carbocycles. The van der Waals surface area contributed by atoms with Gasteiger partial charge in [-0.05, 0) is 37.6 Å². The molecule has 0 bridgehead atoms. The number of hydrogen-bond donors (Lipinski definition) is 1. The van der Waals surface area contributed by atoms with Crippen LogP contribution in [0, 0.1) is 18.3 Å². The molecule has 0 atom stereocenters. The van der Waals surface area contributed by atoms with Gasteiger partial charge >= 0.3 is 0 Å². The maximum atomic E-state index is 8.90. The van der Waals surface area contributed by atoms with Gasteiger partial charge in [-0.2, -0.15) is 5.26 Å². The number of aryl methyl sites for hydroxylation is 1. The maximum absolute atomic E-state index is 8.90. The monoisotopic (exact) mass is 215 g/mol. The standard InChI is InChI=1S/C13H17N3/c1-3-16(13-8-15-9-13)12-5-4-11(7-14)10(2)6-12/h4-6,13,15H,3,8-9H2,1-2H3. The molecule has 3 heteroatoms. The number of nitrogens with one attached hydrogen (secondary N) is 1. The van der Waals surface area contributed by atoms with E-state index in [4.69, 9.17) is 5.26 Å². The summed E-state index contributed by atoms with van der Waals surface area (Å²) in [6.45, 7) is 7.30. The van der Waals surface area contributed by atoms with Crippen molar-refractivity contribution in [1.29, 1.82) is 5.26 Å². The molecule has 0 spiro atoms. The summed E-state index contributed by atoms with van der Waals surface area (Å²) >= 11 is 0. The van der Waals surface area contributed by atoms with Gasteiger partial charge in [-0.3, -0.25) is 0 Å². The summed E-state index contributed by atoms with van der Waals surface area (Å²) in [5.74, 6) is 0. The SMILES string of the molecule is CCN(c1ccc(C#N)c(C)c1)C1CNC1. The van der Waals surface area contributed by atoms with Crippen LogP contribution >= 0.6 is 0 Å². The number of rotatable bonds is 3. The molecule has 2 rings (SSSR count). The molecular weight excluding hydrogens is 198 g/mol. The summed E-state index contributed by atoms with van der Waals surface area (Å²) in [6.07, 6.45) is 0. The third-order valence-corrected chi connectivity index (χ3v) is 3.20. The van der Waals surface area contributed by atoms with Gasteiger partial charge in [0.1, 0.15) is 0 Å². The normalized spacial score (nSPS) is 15.3. The highest BCUT2D eigenvalue weighted by molar-refractivity contribution is 5.54. The van der Waals surface area contributed by atoms with E-state index in [9.17, 15) is 0 Å². The molecule has 0 unspecified atom stereocenters. The third-order valence-electron chi connectivity index (χ3n) is 3.20. The van der Waals surface area contributed by atoms with Crippen LogP contribution in [0.15, 0.2) is 18.2 Å². The van der Waals surface area contributed by atoms with Gasteiger partial charge in [0.2, 0.25) is 0 Å². The molecule has 1 aliphatic rings. The Labute approximate surface area is 96.7 Å². The second kappa shape index (κ2) is 4.54. The van der Waals surface area contributed by atoms with Crippen LogP contribution in [0.2, 0.25) is 0 Å². The molecule has 1 heterocycles. The lowest BCUT2D eigenvalue weighted by atomic mass is 10.1. The van der Waals surface area contributed by atoms with E-state index in [0.29, 0.717) is 6.04 Å². The molecule has 0 aliphatic carbocycles. The predicted octanol–water partition coefficient (Wildman–Crippen LogP) is 1.66. The Kier molecular flexibility index (Phi) is 3.12. The topological polar surface area (TPSA) is 39.1 Å². The number of likely N-dealkylation sites (N-methyl/N-ethyl adjacent to an activating group) is 1. The highest BCUT2D eigenvalue weighted by Gasteiger charge is 2.23. The summed E-state index contributed by atoms with van der Waals surface area (Å²) in [4.78, 5) is 2.39. The smallest absolute Gasteiger partial charge is 0.0994 e. The quantitative estimate of drug-likeness (QED) is 0.833. The van der Waals surface area contributed by atoms with Gasteiger partial charge in [-0.1, -0.05) is 0 Å². The zero-order valence-corrected chi connectivity index (χ0v) is 9.83. The summed E-state index contributed by atoms with van der Waals surface area (Å²) in [6, 6.07) is 8.89. The molecule has 1 aromatic rings. The minimum atomic E-state index is 0.609. The zero-order chi connectivity index (χ0) is 11.5. The first kappa shape index (κ1) is 11.0. The first-order valence-corrected chi connectivity index (χ1v) is 5.74. The van der Waals surface area contributed by atoms with Crippen LogP contribution in [0.4, 0.5) is 5.69 Å². The maximum Gasteiger partial charge on any atom is 0.0994 e. The van der Waals surface area contributed by atoms with E-state index >= 15 is 0 Å². The van der Waals surface area contributed by atoms with Crippen LogP contribution in [-0.2, 0) is 0 Å². The second-order valence-electron chi connectivity index (χ2n) is 4.21. The molecule has 0 amide bonds. The Balaban J connectivity index is 2.25. The molecule has 1 saturated heterocycles. The molecule has 1 N–H and O–H groups in total. The first-order chi connectivity index (χ1) is 7.76. The fourth-order valence-corrected chi connectivity index (χ4v) is 2.10. The van der Waals surface area contributed by atoms with E-state index in [0.717, 1.165) is 30.8 Å². The third kappa shape index (κ3) is 1.89. The van der Waals surface area contributed by atoms with Crippen molar-refractivity contribution in [3.8, 4) is 6.07 Å². The number of benzene rings is 1. The molecular formula is C13H17N3. The lowest BCUT2D eigenvalue weighted by Gasteiger charge is -2.39. The summed E-state index contributed by atoms with van der Waals surface area (Å²) in [7, 11) is 0. The molecule has 0 aromatic heterocycles. The van der Waals surface area contributed by atoms with Crippen LogP contribution in [0.5, 0.6) is 0 Å². The predicted molar refractivity (Wildman–Crippen MR) is 65.6 cm³/mol. The van der Waals surface area contributed by atoms with E-state index in [-0.39, 0.29) is 0 Å². The van der Waals surface area contributed by atoms with Crippen molar-refractivity contribution in [2.24, 2.45) is 0 Å². The minimum absolute atomic E-state index is 0.609. The van der Waals surface area contributed by atoms with Gasteiger partial charge in [0.25, 0.3) is 0 Å². The zero-order valence-electron chi connectivity index (χ0n) is 9.83. The molecule has 1 aliphatic heterocycles. The van der Waals surface area contributed by atoms with E-state index in [2.05, 4.69) is 29.3 Å². The van der Waals surface area contributed by atoms with Crippen molar-refractivity contribution in [3.05, 3.63) is 29.3 Å². The average Bonchev–Trinajstić information content (AvgIpc) is 2.23. The van der Waals surface area contributed by atoms with Gasteiger partial charge < -0.3 is 10.2 Å². The Hall–Kier alpha value is -1.53. The van der Waals surface area contributed by atoms with Crippen molar-refractivity contribution < 1.29 is 0 Å². The molecule has 3 nitrogen and oxygen atoms in total. The van der Waals surface area contributed by atoms with Crippen molar-refractivity contribution in [1.82, 2.24) is 5.32 Å². The fourth-order valence-electron chi connectivity index (χ4n) is 2.10. The van der Waals surface area contributed by atoms with Gasteiger partial charge in [0, 0.05) is 25.3 Å². The molecule has 1 fully saturated rings. The van der Waals surface area contributed by atoms with Gasteiger partial charge in [0.05, 0.1) is 17.7 Å². The van der Waals surface area contributed by atoms with Gasteiger partial charge in [0.15, 0.2) is 0 Å². The van der Waals surface area contributed by atoms with Crippen LogP contribution in [0.25, 0.3) is 0 Å². The first-order valence-electron chi connectivity index (χ1n) is 5.74. The lowest BCUT2D eigenvalue weighted by molar-refractivity contribution is 0.417. The largest absolute Gasteiger partial charge is 0.366 e. The highest BCUT2D eigenvalue weighted by atomic mass is 15.2. The van der Waals surface area contributed by atoms with E-state index in [1.54, 1.807) is 0 Å². The van der Waals surface area contributed by atoms with E-state index < -0.39 is 0 Å². The summed E-state index contributed by atoms with van der Waals surface area (Å²) < 4.78 is 0. The summed E-state index contributed by atoms with van der Waals surface area (Å²) in [5, 5.41) is 12.2. The molecule has 84 valence electrons. The Morgan fingerprint density at radius 1 is 1.50 bits per heavy atom. The average molecular weight is 215 g/mol. The van der Waals surface area contributed by atoms with Crippen molar-refractivity contribution >= 4 is 5.69 Å². The summed E-state index contributed by atoms with van der Waals surface area (Å²) in [5.41, 5.74) is 3.06. The van der Waals surface area contributed by atoms with Crippen molar-refractivity contribution in [2.45, 2.75) is 19.9 Å². The van der Waals surface area contributed by atoms with E-state index in [1.807, 2.05) is 19.1 Å².